The van der Waals surface area contributed by atoms with E-state index in [2.05, 4.69) is 32.5 Å². The predicted molar refractivity (Wildman–Crippen MR) is 206 cm³/mol. The molecule has 1 aliphatic heterocycles. The van der Waals surface area contributed by atoms with E-state index >= 15 is 0 Å². The highest BCUT2D eigenvalue weighted by molar-refractivity contribution is 6.36. The first-order valence-corrected chi connectivity index (χ1v) is 19.4. The molecule has 3 aliphatic carbocycles. The van der Waals surface area contributed by atoms with Crippen LogP contribution in [0.2, 0.25) is 5.02 Å². The molecule has 4 aliphatic rings. The molecular formula is C40H49ClN6O9. The van der Waals surface area contributed by atoms with Crippen LogP contribution in [0.3, 0.4) is 0 Å². The van der Waals surface area contributed by atoms with Crippen LogP contribution in [0.1, 0.15) is 66.7 Å². The van der Waals surface area contributed by atoms with Gasteiger partial charge in [0.15, 0.2) is 0 Å². The van der Waals surface area contributed by atoms with E-state index in [0.29, 0.717) is 40.8 Å². The van der Waals surface area contributed by atoms with Crippen molar-refractivity contribution in [3.63, 3.8) is 0 Å². The van der Waals surface area contributed by atoms with E-state index in [1.807, 2.05) is 34.6 Å². The number of ether oxygens (including phenoxy) is 3. The second-order valence-electron chi connectivity index (χ2n) is 16.8. The zero-order valence-corrected chi connectivity index (χ0v) is 33.1. The van der Waals surface area contributed by atoms with E-state index < -0.39 is 53.0 Å². The van der Waals surface area contributed by atoms with Gasteiger partial charge in [0.25, 0.3) is 6.01 Å². The third-order valence-electron chi connectivity index (χ3n) is 11.2. The summed E-state index contributed by atoms with van der Waals surface area (Å²) in [4.78, 5) is 65.7. The van der Waals surface area contributed by atoms with Gasteiger partial charge in [0.2, 0.25) is 11.8 Å². The van der Waals surface area contributed by atoms with Crippen molar-refractivity contribution in [2.24, 2.45) is 23.2 Å². The Morgan fingerprint density at radius 2 is 1.82 bits per heavy atom. The molecule has 3 unspecified atom stereocenters. The van der Waals surface area contributed by atoms with Gasteiger partial charge in [-0.15, -0.1) is 6.58 Å². The number of oxazole rings is 1. The van der Waals surface area contributed by atoms with Crippen molar-refractivity contribution in [2.45, 2.75) is 103 Å². The number of carbonyl (C=O) groups is 4. The van der Waals surface area contributed by atoms with Crippen LogP contribution >= 0.6 is 11.6 Å². The monoisotopic (exact) mass is 792 g/mol. The number of benzene rings is 1. The number of carbonyl (C=O) groups excluding carboxylic acids is 4. The van der Waals surface area contributed by atoms with Crippen LogP contribution in [0.15, 0.2) is 41.5 Å². The van der Waals surface area contributed by atoms with Crippen molar-refractivity contribution >= 4 is 52.4 Å². The summed E-state index contributed by atoms with van der Waals surface area (Å²) in [6.45, 7) is 13.1. The number of rotatable bonds is 12. The van der Waals surface area contributed by atoms with Gasteiger partial charge in [0, 0.05) is 29.8 Å². The number of fused-ring (bicyclic) bond motifs is 2. The number of phenolic OH excluding ortho intramolecular Hbond substituents is 1. The molecule has 0 bridgehead atoms. The fraction of sp³-hybridized carbons (Fsp3) is 0.550. The zero-order chi connectivity index (χ0) is 40.3. The quantitative estimate of drug-likeness (QED) is 0.131. The fourth-order valence-corrected chi connectivity index (χ4v) is 8.27. The number of phenols is 1. The first-order chi connectivity index (χ1) is 26.5. The molecule has 300 valence electrons. The minimum atomic E-state index is -1.31. The average Bonchev–Trinajstić information content (AvgIpc) is 3.80. The maximum atomic E-state index is 14.7. The van der Waals surface area contributed by atoms with E-state index in [0.717, 1.165) is 12.8 Å². The summed E-state index contributed by atoms with van der Waals surface area (Å²) in [5, 5.41) is 19.7. The van der Waals surface area contributed by atoms with Crippen molar-refractivity contribution in [1.82, 2.24) is 25.5 Å². The Balaban J connectivity index is 1.20. The Bertz CT molecular complexity index is 2050. The summed E-state index contributed by atoms with van der Waals surface area (Å²) in [5.74, 6) is -0.758. The molecule has 3 saturated carbocycles. The lowest BCUT2D eigenvalue weighted by Gasteiger charge is -2.35. The van der Waals surface area contributed by atoms with Crippen LogP contribution in [0.5, 0.6) is 11.5 Å². The third-order valence-corrected chi connectivity index (χ3v) is 11.6. The first kappa shape index (κ1) is 39.2. The number of alkyl carbamates (subject to hydrolysis) is 1. The Kier molecular flexibility index (Phi) is 10.4. The van der Waals surface area contributed by atoms with Gasteiger partial charge in [-0.2, -0.15) is 4.98 Å². The summed E-state index contributed by atoms with van der Waals surface area (Å²) >= 11 is 6.57. The SMILES string of the molecule is C=C[C@@H]1CC1(NC(=O)[C@@H]1CC(Oc2cc(-c3coc(NC(C)C)n3)nc3c(Cl)c(O)ccc23)CN1C(=O)[C@@H](NC(=O)OC1C[C@@H]2C[C@@H]2C1)C(C)(C)C)C(=O)OC. The van der Waals surface area contributed by atoms with Gasteiger partial charge in [-0.25, -0.2) is 14.6 Å². The van der Waals surface area contributed by atoms with Gasteiger partial charge in [0.05, 0.1) is 24.9 Å². The molecule has 56 heavy (non-hydrogen) atoms. The number of methoxy groups -OCH3 is 1. The number of aromatic nitrogens is 2. The number of hydrogen-bond donors (Lipinski definition) is 4. The molecule has 3 amide bonds. The lowest BCUT2D eigenvalue weighted by atomic mass is 9.85. The number of nitrogens with zero attached hydrogens (tertiary/aromatic N) is 3. The summed E-state index contributed by atoms with van der Waals surface area (Å²) < 4.78 is 23.0. The molecule has 8 atom stereocenters. The van der Waals surface area contributed by atoms with Crippen LogP contribution in [-0.2, 0) is 23.9 Å². The number of halogens is 1. The third kappa shape index (κ3) is 7.69. The van der Waals surface area contributed by atoms with Gasteiger partial charge in [-0.05, 0) is 68.9 Å². The molecule has 0 spiro atoms. The average molecular weight is 793 g/mol. The van der Waals surface area contributed by atoms with Crippen molar-refractivity contribution < 1.29 is 42.9 Å². The second kappa shape index (κ2) is 14.8. The van der Waals surface area contributed by atoms with E-state index in [9.17, 15) is 24.3 Å². The van der Waals surface area contributed by atoms with Gasteiger partial charge < -0.3 is 44.6 Å². The number of pyridine rings is 1. The van der Waals surface area contributed by atoms with Crippen LogP contribution in [-0.4, -0.2) is 93.4 Å². The topological polar surface area (TPSA) is 194 Å². The number of nitrogens with one attached hydrogen (secondary N) is 3. The normalized spacial score (nSPS) is 27.0. The Hall–Kier alpha value is -5.05. The van der Waals surface area contributed by atoms with Crippen molar-refractivity contribution in [1.29, 1.82) is 0 Å². The fourth-order valence-electron chi connectivity index (χ4n) is 8.06. The molecule has 3 aromatic rings. The molecule has 4 fully saturated rings. The molecule has 15 nitrogen and oxygen atoms in total. The molecule has 3 heterocycles. The molecule has 2 aromatic heterocycles. The highest BCUT2D eigenvalue weighted by atomic mass is 35.5. The maximum absolute atomic E-state index is 14.7. The Morgan fingerprint density at radius 1 is 1.09 bits per heavy atom. The largest absolute Gasteiger partial charge is 0.506 e. The highest BCUT2D eigenvalue weighted by Gasteiger charge is 2.62. The van der Waals surface area contributed by atoms with Gasteiger partial charge in [0.1, 0.15) is 58.3 Å². The number of amides is 3. The maximum Gasteiger partial charge on any atom is 0.408 e. The summed E-state index contributed by atoms with van der Waals surface area (Å²) in [6.07, 6.45) is 4.49. The minimum Gasteiger partial charge on any atom is -0.506 e. The van der Waals surface area contributed by atoms with E-state index in [1.165, 1.54) is 30.8 Å². The summed E-state index contributed by atoms with van der Waals surface area (Å²) in [7, 11) is 1.25. The minimum absolute atomic E-state index is 0.00590. The van der Waals surface area contributed by atoms with E-state index in [4.69, 9.17) is 30.2 Å². The number of esters is 1. The number of anilines is 1. The zero-order valence-electron chi connectivity index (χ0n) is 32.4. The molecule has 1 aromatic carbocycles. The second-order valence-corrected chi connectivity index (χ2v) is 17.2. The standard InChI is InChI=1S/C40H49ClN6O9/c1-8-22-16-40(22,36(51)53-7)46-34(49)28-14-24(17-47(28)35(50)33(39(4,5)6)45-38(52)56-23-12-20-11-21(20)13-23)55-30-15-26(27-18-54-37(44-27)42-19(2)3)43-32-25(30)9-10-29(48)31(32)41/h8-10,15,18-24,28,33,48H,1,11-14,16-17H2,2-7H3,(H,42,44)(H,45,52)(H,46,49)/t20-,21+,22-,23?,24?,28+,33-,40?/m1/s1. The summed E-state index contributed by atoms with van der Waals surface area (Å²) in [5.41, 5.74) is -1.17. The Labute approximate surface area is 329 Å². The predicted octanol–water partition coefficient (Wildman–Crippen LogP) is 5.59. The van der Waals surface area contributed by atoms with Gasteiger partial charge >= 0.3 is 12.1 Å². The van der Waals surface area contributed by atoms with Crippen molar-refractivity contribution in [2.75, 3.05) is 19.0 Å². The first-order valence-electron chi connectivity index (χ1n) is 19.0. The van der Waals surface area contributed by atoms with E-state index in [-0.39, 0.29) is 53.3 Å². The Morgan fingerprint density at radius 3 is 2.46 bits per heavy atom. The molecule has 1 saturated heterocycles. The van der Waals surface area contributed by atoms with Crippen LogP contribution < -0.4 is 20.7 Å². The molecule has 16 heteroatoms. The number of hydrogen-bond acceptors (Lipinski definition) is 12. The smallest absolute Gasteiger partial charge is 0.408 e. The van der Waals surface area contributed by atoms with E-state index in [1.54, 1.807) is 18.2 Å². The highest BCUT2D eigenvalue weighted by Crippen LogP contribution is 2.52. The number of aromatic hydroxyl groups is 1. The molecule has 4 N–H and O–H groups in total. The van der Waals surface area contributed by atoms with Crippen molar-refractivity contribution in [3.8, 4) is 22.9 Å². The van der Waals surface area contributed by atoms with Gasteiger partial charge in [-0.3, -0.25) is 9.59 Å². The number of likely N-dealkylation sites (tertiary alicyclic amines) is 1. The molecule has 7 rings (SSSR count). The van der Waals surface area contributed by atoms with Crippen LogP contribution in [0.25, 0.3) is 22.3 Å². The van der Waals surface area contributed by atoms with Gasteiger partial charge in [-0.1, -0.05) is 38.4 Å². The molecule has 0 radical (unpaired) electrons. The molecular weight excluding hydrogens is 744 g/mol. The lowest BCUT2D eigenvalue weighted by Crippen LogP contribution is -2.59. The summed E-state index contributed by atoms with van der Waals surface area (Å²) in [6, 6.07) is 2.84. The van der Waals surface area contributed by atoms with Crippen LogP contribution in [0, 0.1) is 23.2 Å². The van der Waals surface area contributed by atoms with Crippen molar-refractivity contribution in [3.05, 3.63) is 42.1 Å². The van der Waals surface area contributed by atoms with Crippen LogP contribution in [0.4, 0.5) is 10.8 Å². The lowest BCUT2D eigenvalue weighted by molar-refractivity contribution is -0.148.